The van der Waals surface area contributed by atoms with E-state index in [0.29, 0.717) is 19.7 Å². The highest BCUT2D eigenvalue weighted by Gasteiger charge is 2.01. The maximum Gasteiger partial charge on any atom is 0.407 e. The Kier molecular flexibility index (Phi) is 7.88. The Morgan fingerprint density at radius 1 is 1.16 bits per heavy atom. The Bertz CT molecular complexity index is 398. The highest BCUT2D eigenvalue weighted by Crippen LogP contribution is 2.01. The number of hydrogen-bond donors (Lipinski definition) is 1. The van der Waals surface area contributed by atoms with Crippen LogP contribution in [0.5, 0.6) is 0 Å². The second kappa shape index (κ2) is 9.95. The number of hydrogen-bond acceptors (Lipinski definition) is 2. The summed E-state index contributed by atoms with van der Waals surface area (Å²) in [6, 6.07) is 9.60. The van der Waals surface area contributed by atoms with Gasteiger partial charge in [0.1, 0.15) is 6.61 Å². The van der Waals surface area contributed by atoms with Crippen LogP contribution in [0.3, 0.4) is 0 Å². The highest BCUT2D eigenvalue weighted by molar-refractivity contribution is 5.67. The van der Waals surface area contributed by atoms with Crippen LogP contribution < -0.4 is 5.32 Å². The third-order valence-corrected chi connectivity index (χ3v) is 2.68. The molecule has 0 spiro atoms. The third kappa shape index (κ3) is 7.82. The van der Waals surface area contributed by atoms with E-state index in [2.05, 4.69) is 10.2 Å². The van der Waals surface area contributed by atoms with E-state index in [0.717, 1.165) is 31.2 Å². The highest BCUT2D eigenvalue weighted by atomic mass is 16.5. The minimum atomic E-state index is -0.370. The van der Waals surface area contributed by atoms with E-state index in [1.807, 2.05) is 30.3 Å². The molecule has 102 valence electrons. The summed E-state index contributed by atoms with van der Waals surface area (Å²) in [6.45, 7) is 8.18. The third-order valence-electron chi connectivity index (χ3n) is 2.68. The van der Waals surface area contributed by atoms with Crippen molar-refractivity contribution in [2.45, 2.75) is 32.3 Å². The largest absolute Gasteiger partial charge is 0.445 e. The van der Waals surface area contributed by atoms with E-state index in [-0.39, 0.29) is 6.09 Å². The monoisotopic (exact) mass is 260 g/mol. The number of nitrogens with one attached hydrogen (secondary N) is 1. The zero-order valence-electron chi connectivity index (χ0n) is 11.1. The molecule has 0 saturated carbocycles. The molecule has 0 aliphatic rings. The molecule has 1 amide bonds. The molecule has 19 heavy (non-hydrogen) atoms. The summed E-state index contributed by atoms with van der Waals surface area (Å²) in [6.07, 6.45) is 3.59. The molecule has 1 rings (SSSR count). The number of unbranched alkanes of at least 4 members (excludes halogenated alkanes) is 3. The first kappa shape index (κ1) is 15.0. The molecular formula is C15H20N2O2. The molecule has 0 aromatic heterocycles. The normalized spacial score (nSPS) is 9.63. The first-order valence-corrected chi connectivity index (χ1v) is 6.60. The number of carbonyl (C=O) groups excluding carboxylic acids is 1. The van der Waals surface area contributed by atoms with Crippen molar-refractivity contribution in [3.05, 3.63) is 47.3 Å². The van der Waals surface area contributed by atoms with E-state index >= 15 is 0 Å². The van der Waals surface area contributed by atoms with Crippen molar-refractivity contribution in [3.63, 3.8) is 0 Å². The van der Waals surface area contributed by atoms with Crippen LogP contribution in [0.25, 0.3) is 4.85 Å². The zero-order chi connectivity index (χ0) is 13.8. The van der Waals surface area contributed by atoms with Crippen molar-refractivity contribution in [2.24, 2.45) is 0 Å². The average molecular weight is 260 g/mol. The Morgan fingerprint density at radius 2 is 1.89 bits per heavy atom. The fraction of sp³-hybridized carbons (Fsp3) is 0.467. The van der Waals surface area contributed by atoms with Gasteiger partial charge in [0.25, 0.3) is 0 Å². The lowest BCUT2D eigenvalue weighted by Crippen LogP contribution is -2.25. The summed E-state index contributed by atoms with van der Waals surface area (Å²) < 4.78 is 5.08. The van der Waals surface area contributed by atoms with E-state index in [9.17, 15) is 4.79 Å². The number of rotatable bonds is 8. The van der Waals surface area contributed by atoms with Gasteiger partial charge < -0.3 is 14.9 Å². The molecule has 4 nitrogen and oxygen atoms in total. The van der Waals surface area contributed by atoms with Gasteiger partial charge in [-0.1, -0.05) is 36.8 Å². The predicted molar refractivity (Wildman–Crippen MR) is 74.6 cm³/mol. The van der Waals surface area contributed by atoms with Crippen LogP contribution in [0.1, 0.15) is 31.2 Å². The van der Waals surface area contributed by atoms with Crippen molar-refractivity contribution in [3.8, 4) is 0 Å². The van der Waals surface area contributed by atoms with Crippen molar-refractivity contribution in [2.75, 3.05) is 13.1 Å². The van der Waals surface area contributed by atoms with Crippen LogP contribution in [-0.2, 0) is 11.3 Å². The molecule has 0 fully saturated rings. The Hall–Kier alpha value is -2.02. The topological polar surface area (TPSA) is 42.7 Å². The smallest absolute Gasteiger partial charge is 0.407 e. The number of carbonyl (C=O) groups is 1. The molecule has 0 saturated heterocycles. The van der Waals surface area contributed by atoms with Gasteiger partial charge in [-0.05, 0) is 18.4 Å². The van der Waals surface area contributed by atoms with Crippen LogP contribution in [-0.4, -0.2) is 19.2 Å². The van der Waals surface area contributed by atoms with E-state index in [1.165, 1.54) is 0 Å². The van der Waals surface area contributed by atoms with Gasteiger partial charge in [-0.15, -0.1) is 0 Å². The van der Waals surface area contributed by atoms with Gasteiger partial charge in [-0.3, -0.25) is 0 Å². The predicted octanol–water partition coefficient (Wildman–Crippen LogP) is 3.39. The minimum absolute atomic E-state index is 0.303. The Labute approximate surface area is 114 Å². The molecule has 1 N–H and O–H groups in total. The maximum atomic E-state index is 11.4. The molecular weight excluding hydrogens is 240 g/mol. The standard InChI is InChI=1S/C15H20N2O2/c1-16-11-7-2-3-8-12-17-15(18)19-13-14-9-5-4-6-10-14/h4-6,9-10H,2-3,7-8,11-13H2,(H,17,18). The number of benzene rings is 1. The summed E-state index contributed by atoms with van der Waals surface area (Å²) in [5, 5.41) is 2.72. The molecule has 0 bridgehead atoms. The van der Waals surface area contributed by atoms with Gasteiger partial charge in [0, 0.05) is 13.0 Å². The van der Waals surface area contributed by atoms with Crippen LogP contribution in [0.4, 0.5) is 4.79 Å². The van der Waals surface area contributed by atoms with Gasteiger partial charge in [0.2, 0.25) is 6.54 Å². The SMILES string of the molecule is [C-]#[N+]CCCCCCNC(=O)OCc1ccccc1. The molecule has 0 radical (unpaired) electrons. The van der Waals surface area contributed by atoms with Crippen LogP contribution in [0.2, 0.25) is 0 Å². The maximum absolute atomic E-state index is 11.4. The lowest BCUT2D eigenvalue weighted by atomic mass is 10.2. The van der Waals surface area contributed by atoms with Gasteiger partial charge >= 0.3 is 6.09 Å². The zero-order valence-corrected chi connectivity index (χ0v) is 11.1. The minimum Gasteiger partial charge on any atom is -0.445 e. The number of ether oxygens (including phenoxy) is 1. The van der Waals surface area contributed by atoms with Gasteiger partial charge in [-0.25, -0.2) is 11.4 Å². The Balaban J connectivity index is 1.98. The summed E-state index contributed by atoms with van der Waals surface area (Å²) in [5.41, 5.74) is 0.983. The van der Waals surface area contributed by atoms with Gasteiger partial charge in [-0.2, -0.15) is 0 Å². The molecule has 4 heteroatoms. The fourth-order valence-corrected chi connectivity index (χ4v) is 1.63. The van der Waals surface area contributed by atoms with E-state index < -0.39 is 0 Å². The first-order chi connectivity index (χ1) is 9.33. The van der Waals surface area contributed by atoms with Crippen molar-refractivity contribution < 1.29 is 9.53 Å². The molecule has 0 atom stereocenters. The quantitative estimate of drug-likeness (QED) is 0.575. The second-order valence-electron chi connectivity index (χ2n) is 4.28. The lowest BCUT2D eigenvalue weighted by molar-refractivity contribution is 0.139. The summed E-state index contributed by atoms with van der Waals surface area (Å²) in [5.74, 6) is 0. The number of nitrogens with zero attached hydrogens (tertiary/aromatic N) is 1. The van der Waals surface area contributed by atoms with Gasteiger partial charge in [0.15, 0.2) is 0 Å². The molecule has 0 aliphatic carbocycles. The van der Waals surface area contributed by atoms with E-state index in [4.69, 9.17) is 11.3 Å². The van der Waals surface area contributed by atoms with Crippen molar-refractivity contribution >= 4 is 6.09 Å². The first-order valence-electron chi connectivity index (χ1n) is 6.60. The summed E-state index contributed by atoms with van der Waals surface area (Å²) >= 11 is 0. The second-order valence-corrected chi connectivity index (χ2v) is 4.28. The summed E-state index contributed by atoms with van der Waals surface area (Å²) in [7, 11) is 0. The molecule has 1 aromatic carbocycles. The van der Waals surface area contributed by atoms with Crippen LogP contribution in [0, 0.1) is 6.57 Å². The molecule has 0 aliphatic heterocycles. The van der Waals surface area contributed by atoms with Crippen LogP contribution in [0.15, 0.2) is 30.3 Å². The van der Waals surface area contributed by atoms with E-state index in [1.54, 1.807) is 0 Å². The van der Waals surface area contributed by atoms with Crippen molar-refractivity contribution in [1.82, 2.24) is 5.32 Å². The molecule has 0 heterocycles. The van der Waals surface area contributed by atoms with Crippen molar-refractivity contribution in [1.29, 1.82) is 0 Å². The average Bonchev–Trinajstić information content (AvgIpc) is 2.45. The lowest BCUT2D eigenvalue weighted by Gasteiger charge is -2.06. The fourth-order valence-electron chi connectivity index (χ4n) is 1.63. The van der Waals surface area contributed by atoms with Crippen LogP contribution >= 0.6 is 0 Å². The summed E-state index contributed by atoms with van der Waals surface area (Å²) in [4.78, 5) is 14.7. The molecule has 0 unspecified atom stereocenters. The number of amides is 1. The van der Waals surface area contributed by atoms with Gasteiger partial charge in [0.05, 0.1) is 0 Å². The Morgan fingerprint density at radius 3 is 2.63 bits per heavy atom. The number of alkyl carbamates (subject to hydrolysis) is 1. The molecule has 1 aromatic rings.